The first-order valence-electron chi connectivity index (χ1n) is 10.2. The fourth-order valence-corrected chi connectivity index (χ4v) is 4.25. The van der Waals surface area contributed by atoms with Crippen LogP contribution in [0.4, 0.5) is 10.1 Å². The molecule has 0 spiro atoms. The Morgan fingerprint density at radius 1 is 1.10 bits per heavy atom. The van der Waals surface area contributed by atoms with E-state index in [-0.39, 0.29) is 11.9 Å². The number of rotatable bonds is 5. The zero-order valence-electron chi connectivity index (χ0n) is 16.7. The van der Waals surface area contributed by atoms with Crippen molar-refractivity contribution < 1.29 is 18.6 Å². The number of hydrogen-bond acceptors (Lipinski definition) is 4. The van der Waals surface area contributed by atoms with Gasteiger partial charge in [0.05, 0.1) is 6.26 Å². The summed E-state index contributed by atoms with van der Waals surface area (Å²) in [6.45, 7) is 0. The molecule has 7 heteroatoms. The predicted octanol–water partition coefficient (Wildman–Crippen LogP) is 1.67. The lowest BCUT2D eigenvalue weighted by Crippen LogP contribution is -2.85. The Morgan fingerprint density at radius 3 is 2.68 bits per heavy atom. The molecule has 0 bridgehead atoms. The van der Waals surface area contributed by atoms with Crippen LogP contribution in [0.3, 0.4) is 0 Å². The average molecular weight is 417 g/mol. The van der Waals surface area contributed by atoms with Crippen LogP contribution in [0, 0.1) is 5.82 Å². The van der Waals surface area contributed by atoms with E-state index in [1.54, 1.807) is 23.3 Å². The lowest BCUT2D eigenvalue weighted by molar-refractivity contribution is -0.483. The van der Waals surface area contributed by atoms with E-state index >= 15 is 0 Å². The number of nitrogens with zero attached hydrogens (tertiary/aromatic N) is 2. The first-order chi connectivity index (χ1) is 15.1. The van der Waals surface area contributed by atoms with Crippen molar-refractivity contribution >= 4 is 23.6 Å². The molecule has 0 fully saturated rings. The minimum absolute atomic E-state index is 0.130. The number of halogens is 1. The Bertz CT molecular complexity index is 1140. The molecule has 3 heterocycles. The summed E-state index contributed by atoms with van der Waals surface area (Å²) in [6, 6.07) is 16.8. The number of amides is 1. The molecule has 5 rings (SSSR count). The third-order valence-corrected chi connectivity index (χ3v) is 5.64. The molecule has 2 aliphatic heterocycles. The molecule has 31 heavy (non-hydrogen) atoms. The first-order valence-corrected chi connectivity index (χ1v) is 10.2. The number of benzene rings is 2. The van der Waals surface area contributed by atoms with Crippen molar-refractivity contribution in [2.45, 2.75) is 31.0 Å². The minimum Gasteiger partial charge on any atom is -0.469 e. The van der Waals surface area contributed by atoms with E-state index < -0.39 is 17.9 Å². The van der Waals surface area contributed by atoms with Crippen molar-refractivity contribution in [1.29, 1.82) is 0 Å². The van der Waals surface area contributed by atoms with Gasteiger partial charge in [-0.3, -0.25) is 14.7 Å². The highest BCUT2D eigenvalue weighted by Crippen LogP contribution is 2.30. The van der Waals surface area contributed by atoms with Gasteiger partial charge < -0.3 is 10.2 Å². The minimum atomic E-state index is -0.582. The average Bonchev–Trinajstić information content (AvgIpc) is 3.38. The maximum atomic E-state index is 14.1. The van der Waals surface area contributed by atoms with Crippen molar-refractivity contribution in [2.24, 2.45) is 4.99 Å². The van der Waals surface area contributed by atoms with Gasteiger partial charge in [0.1, 0.15) is 23.7 Å². The molecule has 1 aromatic heterocycles. The smallest absolute Gasteiger partial charge is 0.254 e. The summed E-state index contributed by atoms with van der Waals surface area (Å²) in [7, 11) is 0. The fourth-order valence-electron chi connectivity index (χ4n) is 4.25. The monoisotopic (exact) mass is 417 g/mol. The van der Waals surface area contributed by atoms with E-state index in [4.69, 9.17) is 15.1 Å². The van der Waals surface area contributed by atoms with Crippen LogP contribution in [0.25, 0.3) is 0 Å². The molecule has 6 nitrogen and oxygen atoms in total. The number of fused-ring (bicyclic) bond motifs is 1. The second-order valence-corrected chi connectivity index (χ2v) is 7.83. The summed E-state index contributed by atoms with van der Waals surface area (Å²) in [4.78, 5) is 23.3. The second kappa shape index (κ2) is 7.83. The molecular formula is C24H22FN4O2+. The topological polar surface area (TPSA) is 85.8 Å². The summed E-state index contributed by atoms with van der Waals surface area (Å²) in [5, 5.41) is 0. The molecule has 0 saturated heterocycles. The highest BCUT2D eigenvalue weighted by Gasteiger charge is 2.47. The summed E-state index contributed by atoms with van der Waals surface area (Å²) in [6.07, 6.45) is 4.46. The molecule has 0 saturated carbocycles. The zero-order valence-corrected chi connectivity index (χ0v) is 16.7. The van der Waals surface area contributed by atoms with Crippen LogP contribution in [-0.4, -0.2) is 34.9 Å². The van der Waals surface area contributed by atoms with Crippen LogP contribution in [0.2, 0.25) is 0 Å². The van der Waals surface area contributed by atoms with Crippen molar-refractivity contribution in [1.82, 2.24) is 4.90 Å². The van der Waals surface area contributed by atoms with Gasteiger partial charge in [-0.15, -0.1) is 0 Å². The normalized spacial score (nSPS) is 22.5. The molecule has 0 aliphatic carbocycles. The Labute approximate surface area is 178 Å². The maximum absolute atomic E-state index is 14.1. The van der Waals surface area contributed by atoms with Gasteiger partial charge in [-0.2, -0.15) is 0 Å². The number of nitrogens with two attached hydrogens (primary N) is 1. The van der Waals surface area contributed by atoms with E-state index in [1.807, 2.05) is 42.6 Å². The van der Waals surface area contributed by atoms with Crippen LogP contribution < -0.4 is 10.7 Å². The Hall–Kier alpha value is -3.74. The number of hydrogen-bond donors (Lipinski definition) is 2. The molecule has 0 radical (unpaired) electrons. The molecule has 2 aromatic carbocycles. The van der Waals surface area contributed by atoms with Crippen molar-refractivity contribution in [3.63, 3.8) is 0 Å². The van der Waals surface area contributed by atoms with E-state index in [9.17, 15) is 9.18 Å². The number of anilines is 1. The number of carbonyl (C=O) groups excluding carboxylic acids is 1. The summed E-state index contributed by atoms with van der Waals surface area (Å²) in [5.41, 5.74) is 7.91. The number of nitrogen functional groups attached to an aromatic ring is 1. The fraction of sp³-hybridized carbons (Fsp3) is 0.208. The third-order valence-electron chi connectivity index (χ3n) is 5.64. The van der Waals surface area contributed by atoms with Gasteiger partial charge >= 0.3 is 0 Å². The molecule has 3 atom stereocenters. The van der Waals surface area contributed by atoms with E-state index in [2.05, 4.69) is 4.99 Å². The standard InChI is InChI=1S/C24H21FN4O2/c25-17-10-16(11-18(26)12-17)22-14-27-20(9-15-5-2-1-3-6-15)23-28-21(24(30)29(22)23)13-19-7-4-8-31-19/h1-8,10-12,14,20-22H,9,13,26H2/p+1. The zero-order chi connectivity index (χ0) is 21.4. The Morgan fingerprint density at radius 2 is 1.94 bits per heavy atom. The largest absolute Gasteiger partial charge is 0.469 e. The molecule has 156 valence electrons. The van der Waals surface area contributed by atoms with Gasteiger partial charge in [-0.05, 0) is 41.5 Å². The molecule has 3 N–H and O–H groups in total. The first kappa shape index (κ1) is 19.2. The summed E-state index contributed by atoms with van der Waals surface area (Å²) >= 11 is 0. The number of aliphatic imine (C=N–C) groups is 1. The summed E-state index contributed by atoms with van der Waals surface area (Å²) < 4.78 is 19.5. The van der Waals surface area contributed by atoms with Crippen molar-refractivity contribution in [2.75, 3.05) is 5.73 Å². The van der Waals surface area contributed by atoms with Crippen LogP contribution in [0.5, 0.6) is 0 Å². The van der Waals surface area contributed by atoms with E-state index in [1.165, 1.54) is 12.1 Å². The van der Waals surface area contributed by atoms with Gasteiger partial charge in [0, 0.05) is 18.5 Å². The van der Waals surface area contributed by atoms with Crippen molar-refractivity contribution in [3.8, 4) is 0 Å². The van der Waals surface area contributed by atoms with Gasteiger partial charge in [0.25, 0.3) is 5.91 Å². The molecule has 3 unspecified atom stereocenters. The lowest BCUT2D eigenvalue weighted by Gasteiger charge is -2.30. The Kier molecular flexibility index (Phi) is 4.86. The summed E-state index contributed by atoms with van der Waals surface area (Å²) in [5.74, 6) is 0.786. The number of nitrogens with one attached hydrogen (secondary N) is 1. The van der Waals surface area contributed by atoms with E-state index in [0.29, 0.717) is 35.7 Å². The third kappa shape index (κ3) is 3.74. The molecule has 1 amide bonds. The SMILES string of the molecule is Nc1cc(F)cc(C2C=[NH+]C(Cc3ccccc3)C3=NC(Cc4ccco4)C(=O)N32)c1. The highest BCUT2D eigenvalue weighted by molar-refractivity contribution is 6.10. The second-order valence-electron chi connectivity index (χ2n) is 7.83. The van der Waals surface area contributed by atoms with Gasteiger partial charge in [0.15, 0.2) is 12.1 Å². The maximum Gasteiger partial charge on any atom is 0.254 e. The quantitative estimate of drug-likeness (QED) is 0.620. The van der Waals surface area contributed by atoms with Crippen LogP contribution in [0.15, 0.2) is 76.3 Å². The van der Waals surface area contributed by atoms with Crippen molar-refractivity contribution in [3.05, 3.63) is 89.6 Å². The van der Waals surface area contributed by atoms with Crippen LogP contribution in [0.1, 0.15) is 22.9 Å². The van der Waals surface area contributed by atoms with Crippen LogP contribution >= 0.6 is 0 Å². The number of furan rings is 1. The number of amidine groups is 1. The highest BCUT2D eigenvalue weighted by atomic mass is 19.1. The van der Waals surface area contributed by atoms with Crippen LogP contribution in [-0.2, 0) is 17.6 Å². The van der Waals surface area contributed by atoms with Gasteiger partial charge in [0.2, 0.25) is 6.04 Å². The van der Waals surface area contributed by atoms with Gasteiger partial charge in [-0.1, -0.05) is 30.3 Å². The number of carbonyl (C=O) groups is 1. The molecule has 2 aliphatic rings. The Balaban J connectivity index is 1.52. The lowest BCUT2D eigenvalue weighted by atomic mass is 9.98. The van der Waals surface area contributed by atoms with Gasteiger partial charge in [-0.25, -0.2) is 9.38 Å². The predicted molar refractivity (Wildman–Crippen MR) is 115 cm³/mol. The molecule has 3 aromatic rings. The molecular weight excluding hydrogens is 395 g/mol. The van der Waals surface area contributed by atoms with E-state index in [0.717, 1.165) is 5.56 Å².